The van der Waals surface area contributed by atoms with Gasteiger partial charge in [-0.2, -0.15) is 0 Å². The molecule has 1 fully saturated rings. The lowest BCUT2D eigenvalue weighted by atomic mass is 9.83. The predicted molar refractivity (Wildman–Crippen MR) is 66.3 cm³/mol. The zero-order valence-electron chi connectivity index (χ0n) is 10.1. The predicted octanol–water partition coefficient (Wildman–Crippen LogP) is 3.03. The molecule has 1 aromatic rings. The molecule has 90 valence electrons. The summed E-state index contributed by atoms with van der Waals surface area (Å²) in [5.74, 6) is 0.893. The molecule has 1 aromatic carbocycles. The van der Waals surface area contributed by atoms with Crippen molar-refractivity contribution in [2.24, 2.45) is 0 Å². The van der Waals surface area contributed by atoms with Gasteiger partial charge in [-0.3, -0.25) is 4.79 Å². The van der Waals surface area contributed by atoms with Crippen LogP contribution in [0.3, 0.4) is 0 Å². The highest BCUT2D eigenvalue weighted by Gasteiger charge is 2.45. The molecule has 0 bridgehead atoms. The van der Waals surface area contributed by atoms with E-state index in [-0.39, 0.29) is 5.91 Å². The highest BCUT2D eigenvalue weighted by Crippen LogP contribution is 2.42. The second-order valence-corrected chi connectivity index (χ2v) is 5.06. The molecule has 1 amide bonds. The van der Waals surface area contributed by atoms with Gasteiger partial charge in [-0.15, -0.1) is 0 Å². The lowest BCUT2D eigenvalue weighted by Gasteiger charge is -2.40. The van der Waals surface area contributed by atoms with E-state index in [4.69, 9.17) is 4.74 Å². The Morgan fingerprint density at radius 2 is 2.00 bits per heavy atom. The summed E-state index contributed by atoms with van der Waals surface area (Å²) in [6, 6.07) is 5.86. The SMILES string of the molecule is Cc1cccc2c1OC1(CCCCC1)C(=O)N2. The monoisotopic (exact) mass is 231 g/mol. The standard InChI is InChI=1S/C14H17NO2/c1-10-6-5-7-11-12(10)17-14(13(16)15-11)8-3-2-4-9-14/h5-7H,2-4,8-9H2,1H3,(H,15,16). The highest BCUT2D eigenvalue weighted by molar-refractivity contribution is 6.01. The molecule has 0 atom stereocenters. The number of nitrogens with one attached hydrogen (secondary N) is 1. The molecule has 1 heterocycles. The molecule has 0 aromatic heterocycles. The first kappa shape index (κ1) is 10.6. The Labute approximate surface area is 101 Å². The van der Waals surface area contributed by atoms with Gasteiger partial charge in [-0.25, -0.2) is 0 Å². The average molecular weight is 231 g/mol. The first-order valence-electron chi connectivity index (χ1n) is 6.31. The van der Waals surface area contributed by atoms with E-state index < -0.39 is 5.60 Å². The first-order valence-corrected chi connectivity index (χ1v) is 6.31. The number of amides is 1. The number of anilines is 1. The molecular weight excluding hydrogens is 214 g/mol. The Bertz CT molecular complexity index is 461. The van der Waals surface area contributed by atoms with Gasteiger partial charge in [0.15, 0.2) is 5.60 Å². The number of benzene rings is 1. The van der Waals surface area contributed by atoms with Crippen molar-refractivity contribution in [2.75, 3.05) is 5.32 Å². The minimum atomic E-state index is -0.600. The Hall–Kier alpha value is -1.51. The van der Waals surface area contributed by atoms with E-state index in [2.05, 4.69) is 5.32 Å². The molecule has 0 radical (unpaired) electrons. The van der Waals surface area contributed by atoms with Crippen molar-refractivity contribution < 1.29 is 9.53 Å². The summed E-state index contributed by atoms with van der Waals surface area (Å²) in [5, 5.41) is 3.00. The van der Waals surface area contributed by atoms with Crippen LogP contribution in [-0.2, 0) is 4.79 Å². The Balaban J connectivity index is 2.01. The Kier molecular flexibility index (Phi) is 2.35. The van der Waals surface area contributed by atoms with Crippen molar-refractivity contribution in [3.8, 4) is 5.75 Å². The number of ether oxygens (including phenoxy) is 1. The highest BCUT2D eigenvalue weighted by atomic mass is 16.5. The number of aryl methyl sites for hydroxylation is 1. The zero-order valence-corrected chi connectivity index (χ0v) is 10.1. The molecular formula is C14H17NO2. The van der Waals surface area contributed by atoms with Gasteiger partial charge in [-0.05, 0) is 44.2 Å². The van der Waals surface area contributed by atoms with Gasteiger partial charge in [0.05, 0.1) is 5.69 Å². The number of carbonyl (C=O) groups excluding carboxylic acids is 1. The maximum Gasteiger partial charge on any atom is 0.268 e. The van der Waals surface area contributed by atoms with E-state index in [9.17, 15) is 4.79 Å². The summed E-state index contributed by atoms with van der Waals surface area (Å²) in [5.41, 5.74) is 1.30. The summed E-state index contributed by atoms with van der Waals surface area (Å²) in [6.45, 7) is 2.02. The average Bonchev–Trinajstić information content (AvgIpc) is 2.34. The molecule has 1 N–H and O–H groups in total. The first-order chi connectivity index (χ1) is 8.21. The molecule has 3 rings (SSSR count). The van der Waals surface area contributed by atoms with Gasteiger partial charge in [0.1, 0.15) is 5.75 Å². The number of hydrogen-bond donors (Lipinski definition) is 1. The third-order valence-corrected chi connectivity index (χ3v) is 3.83. The van der Waals surface area contributed by atoms with E-state index in [0.717, 1.165) is 42.7 Å². The number of hydrogen-bond acceptors (Lipinski definition) is 2. The van der Waals surface area contributed by atoms with Gasteiger partial charge < -0.3 is 10.1 Å². The molecule has 1 spiro atoms. The number of carbonyl (C=O) groups is 1. The number of fused-ring (bicyclic) bond motifs is 1. The van der Waals surface area contributed by atoms with Crippen molar-refractivity contribution in [2.45, 2.75) is 44.6 Å². The quantitative estimate of drug-likeness (QED) is 0.745. The summed E-state index contributed by atoms with van der Waals surface area (Å²) in [4.78, 5) is 12.2. The van der Waals surface area contributed by atoms with Crippen molar-refractivity contribution in [3.05, 3.63) is 23.8 Å². The van der Waals surface area contributed by atoms with Crippen molar-refractivity contribution in [1.82, 2.24) is 0 Å². The molecule has 3 heteroatoms. The minimum absolute atomic E-state index is 0.0373. The van der Waals surface area contributed by atoms with Gasteiger partial charge in [0.25, 0.3) is 5.91 Å². The van der Waals surface area contributed by atoms with E-state index in [1.165, 1.54) is 6.42 Å². The second-order valence-electron chi connectivity index (χ2n) is 5.06. The minimum Gasteiger partial charge on any atom is -0.475 e. The van der Waals surface area contributed by atoms with Crippen LogP contribution in [0.25, 0.3) is 0 Å². The van der Waals surface area contributed by atoms with Crippen LogP contribution in [0, 0.1) is 6.92 Å². The smallest absolute Gasteiger partial charge is 0.268 e. The molecule has 1 aliphatic carbocycles. The van der Waals surface area contributed by atoms with Crippen LogP contribution in [0.2, 0.25) is 0 Å². The fourth-order valence-electron chi connectivity index (χ4n) is 2.82. The van der Waals surface area contributed by atoms with Gasteiger partial charge in [0, 0.05) is 0 Å². The van der Waals surface area contributed by atoms with Gasteiger partial charge >= 0.3 is 0 Å². The van der Waals surface area contributed by atoms with E-state index in [1.807, 2.05) is 25.1 Å². The van der Waals surface area contributed by atoms with Gasteiger partial charge in [0.2, 0.25) is 0 Å². The van der Waals surface area contributed by atoms with Crippen LogP contribution in [-0.4, -0.2) is 11.5 Å². The third-order valence-electron chi connectivity index (χ3n) is 3.83. The molecule has 1 saturated carbocycles. The maximum absolute atomic E-state index is 12.2. The van der Waals surface area contributed by atoms with Gasteiger partial charge in [-0.1, -0.05) is 18.6 Å². The summed E-state index contributed by atoms with van der Waals surface area (Å²) >= 11 is 0. The Morgan fingerprint density at radius 3 is 2.76 bits per heavy atom. The van der Waals surface area contributed by atoms with Crippen LogP contribution in [0.15, 0.2) is 18.2 Å². The van der Waals surface area contributed by atoms with E-state index in [0.29, 0.717) is 0 Å². The van der Waals surface area contributed by atoms with Crippen LogP contribution in [0.4, 0.5) is 5.69 Å². The van der Waals surface area contributed by atoms with Crippen molar-refractivity contribution in [3.63, 3.8) is 0 Å². The fraction of sp³-hybridized carbons (Fsp3) is 0.500. The lowest BCUT2D eigenvalue weighted by Crippen LogP contribution is -2.52. The molecule has 1 aliphatic heterocycles. The van der Waals surface area contributed by atoms with Crippen molar-refractivity contribution in [1.29, 1.82) is 0 Å². The normalized spacial score (nSPS) is 21.6. The van der Waals surface area contributed by atoms with Crippen molar-refractivity contribution >= 4 is 11.6 Å². The van der Waals surface area contributed by atoms with Crippen LogP contribution in [0.5, 0.6) is 5.75 Å². The molecule has 17 heavy (non-hydrogen) atoms. The van der Waals surface area contributed by atoms with Crippen LogP contribution < -0.4 is 10.1 Å². The molecule has 2 aliphatic rings. The van der Waals surface area contributed by atoms with Crippen LogP contribution >= 0.6 is 0 Å². The fourth-order valence-corrected chi connectivity index (χ4v) is 2.82. The summed E-state index contributed by atoms with van der Waals surface area (Å²) in [6.07, 6.45) is 5.04. The molecule has 0 saturated heterocycles. The topological polar surface area (TPSA) is 38.3 Å². The number of para-hydroxylation sites is 1. The summed E-state index contributed by atoms with van der Waals surface area (Å²) in [7, 11) is 0. The Morgan fingerprint density at radius 1 is 1.24 bits per heavy atom. The van der Waals surface area contributed by atoms with E-state index in [1.54, 1.807) is 0 Å². The van der Waals surface area contributed by atoms with Crippen LogP contribution in [0.1, 0.15) is 37.7 Å². The van der Waals surface area contributed by atoms with E-state index >= 15 is 0 Å². The second kappa shape index (κ2) is 3.76. The lowest BCUT2D eigenvalue weighted by molar-refractivity contribution is -0.135. The molecule has 3 nitrogen and oxygen atoms in total. The maximum atomic E-state index is 12.2. The zero-order chi connectivity index (χ0) is 11.9. The number of rotatable bonds is 0. The molecule has 0 unspecified atom stereocenters. The third kappa shape index (κ3) is 1.61. The summed E-state index contributed by atoms with van der Waals surface area (Å²) < 4.78 is 6.09. The largest absolute Gasteiger partial charge is 0.475 e.